The van der Waals surface area contributed by atoms with E-state index in [4.69, 9.17) is 0 Å². The standard InChI is InChI=1S/C15H19NO3/c17-13(12-6-2-1-3-7-12)10-11-16-14(18)8-4-5-9-15(16)19/h1-3,6-7,13,17H,4-5,8-11H2. The fourth-order valence-electron chi connectivity index (χ4n) is 2.30. The van der Waals surface area contributed by atoms with Gasteiger partial charge in [-0.3, -0.25) is 14.5 Å². The van der Waals surface area contributed by atoms with Gasteiger partial charge in [0, 0.05) is 19.4 Å². The molecule has 1 aromatic carbocycles. The van der Waals surface area contributed by atoms with Crippen LogP contribution in [0.3, 0.4) is 0 Å². The van der Waals surface area contributed by atoms with Crippen LogP contribution in [-0.4, -0.2) is 28.4 Å². The first kappa shape index (κ1) is 13.7. The van der Waals surface area contributed by atoms with Crippen LogP contribution in [0.15, 0.2) is 30.3 Å². The Morgan fingerprint density at radius 2 is 1.63 bits per heavy atom. The highest BCUT2D eigenvalue weighted by Gasteiger charge is 2.24. The number of aliphatic hydroxyl groups is 1. The summed E-state index contributed by atoms with van der Waals surface area (Å²) in [6, 6.07) is 9.30. The molecule has 1 atom stereocenters. The summed E-state index contributed by atoms with van der Waals surface area (Å²) in [5.41, 5.74) is 0.817. The van der Waals surface area contributed by atoms with Crippen molar-refractivity contribution in [2.45, 2.75) is 38.2 Å². The topological polar surface area (TPSA) is 57.6 Å². The van der Waals surface area contributed by atoms with E-state index in [0.29, 0.717) is 25.8 Å². The third kappa shape index (κ3) is 3.64. The zero-order valence-corrected chi connectivity index (χ0v) is 10.9. The van der Waals surface area contributed by atoms with E-state index in [9.17, 15) is 14.7 Å². The van der Waals surface area contributed by atoms with Gasteiger partial charge in [0.2, 0.25) is 11.8 Å². The van der Waals surface area contributed by atoms with Crippen LogP contribution in [0.5, 0.6) is 0 Å². The lowest BCUT2D eigenvalue weighted by Crippen LogP contribution is -2.36. The normalized spacial score (nSPS) is 18.3. The molecule has 4 nitrogen and oxygen atoms in total. The molecule has 1 fully saturated rings. The Morgan fingerprint density at radius 1 is 1.05 bits per heavy atom. The lowest BCUT2D eigenvalue weighted by molar-refractivity contribution is -0.144. The van der Waals surface area contributed by atoms with E-state index in [2.05, 4.69) is 0 Å². The van der Waals surface area contributed by atoms with E-state index in [0.717, 1.165) is 18.4 Å². The van der Waals surface area contributed by atoms with Gasteiger partial charge in [-0.15, -0.1) is 0 Å². The minimum Gasteiger partial charge on any atom is -0.388 e. The van der Waals surface area contributed by atoms with Crippen LogP contribution >= 0.6 is 0 Å². The number of benzene rings is 1. The Hall–Kier alpha value is -1.68. The van der Waals surface area contributed by atoms with Gasteiger partial charge in [-0.2, -0.15) is 0 Å². The number of carbonyl (C=O) groups is 2. The van der Waals surface area contributed by atoms with E-state index in [-0.39, 0.29) is 11.8 Å². The van der Waals surface area contributed by atoms with Crippen molar-refractivity contribution in [1.29, 1.82) is 0 Å². The highest BCUT2D eigenvalue weighted by molar-refractivity contribution is 5.95. The van der Waals surface area contributed by atoms with Gasteiger partial charge in [0.1, 0.15) is 0 Å². The molecule has 2 amide bonds. The van der Waals surface area contributed by atoms with E-state index in [1.54, 1.807) is 0 Å². The maximum atomic E-state index is 11.8. The quantitative estimate of drug-likeness (QED) is 0.844. The highest BCUT2D eigenvalue weighted by Crippen LogP contribution is 2.19. The summed E-state index contributed by atoms with van der Waals surface area (Å²) in [6.45, 7) is 0.299. The molecule has 0 radical (unpaired) electrons. The van der Waals surface area contributed by atoms with Crippen LogP contribution in [0.1, 0.15) is 43.8 Å². The van der Waals surface area contributed by atoms with Gasteiger partial charge < -0.3 is 5.11 Å². The Bertz CT molecular complexity index is 426. The van der Waals surface area contributed by atoms with Crippen molar-refractivity contribution in [1.82, 2.24) is 4.90 Å². The molecular formula is C15H19NO3. The molecule has 0 bridgehead atoms. The summed E-state index contributed by atoms with van der Waals surface area (Å²) in [4.78, 5) is 24.9. The number of rotatable bonds is 4. The summed E-state index contributed by atoms with van der Waals surface area (Å²) in [6.07, 6.45) is 2.19. The molecule has 1 unspecified atom stereocenters. The molecule has 1 N–H and O–H groups in total. The maximum absolute atomic E-state index is 11.8. The van der Waals surface area contributed by atoms with Crippen molar-refractivity contribution in [2.24, 2.45) is 0 Å². The zero-order valence-electron chi connectivity index (χ0n) is 10.9. The largest absolute Gasteiger partial charge is 0.388 e. The van der Waals surface area contributed by atoms with Crippen LogP contribution in [0.25, 0.3) is 0 Å². The van der Waals surface area contributed by atoms with Gasteiger partial charge in [0.05, 0.1) is 6.10 Å². The maximum Gasteiger partial charge on any atom is 0.229 e. The fourth-order valence-corrected chi connectivity index (χ4v) is 2.30. The van der Waals surface area contributed by atoms with Gasteiger partial charge in [-0.05, 0) is 24.8 Å². The Labute approximate surface area is 113 Å². The highest BCUT2D eigenvalue weighted by atomic mass is 16.3. The van der Waals surface area contributed by atoms with Crippen molar-refractivity contribution in [2.75, 3.05) is 6.54 Å². The predicted octanol–water partition coefficient (Wildman–Crippen LogP) is 2.04. The lowest BCUT2D eigenvalue weighted by atomic mass is 10.1. The summed E-state index contributed by atoms with van der Waals surface area (Å²) in [7, 11) is 0. The van der Waals surface area contributed by atoms with Crippen LogP contribution in [-0.2, 0) is 9.59 Å². The van der Waals surface area contributed by atoms with Crippen LogP contribution < -0.4 is 0 Å². The molecule has 1 saturated heterocycles. The SMILES string of the molecule is O=C1CCCCC(=O)N1CCC(O)c1ccccc1. The molecule has 1 aliphatic heterocycles. The van der Waals surface area contributed by atoms with Crippen molar-refractivity contribution in [3.8, 4) is 0 Å². The average molecular weight is 261 g/mol. The van der Waals surface area contributed by atoms with Crippen molar-refractivity contribution in [3.63, 3.8) is 0 Å². The molecule has 19 heavy (non-hydrogen) atoms. The second kappa shape index (κ2) is 6.48. The second-order valence-corrected chi connectivity index (χ2v) is 4.86. The number of aliphatic hydroxyl groups excluding tert-OH is 1. The van der Waals surface area contributed by atoms with E-state index in [1.165, 1.54) is 4.90 Å². The van der Waals surface area contributed by atoms with Gasteiger partial charge in [0.15, 0.2) is 0 Å². The number of imide groups is 1. The molecule has 1 aromatic rings. The molecule has 0 aromatic heterocycles. The molecule has 0 aliphatic carbocycles. The molecule has 4 heteroatoms. The van der Waals surface area contributed by atoms with E-state index in [1.807, 2.05) is 30.3 Å². The van der Waals surface area contributed by atoms with Crippen molar-refractivity contribution in [3.05, 3.63) is 35.9 Å². The number of hydrogen-bond donors (Lipinski definition) is 1. The summed E-state index contributed by atoms with van der Waals surface area (Å²) < 4.78 is 0. The number of amides is 2. The number of nitrogens with zero attached hydrogens (tertiary/aromatic N) is 1. The summed E-state index contributed by atoms with van der Waals surface area (Å²) >= 11 is 0. The first-order valence-electron chi connectivity index (χ1n) is 6.74. The van der Waals surface area contributed by atoms with E-state index >= 15 is 0 Å². The lowest BCUT2D eigenvalue weighted by Gasteiger charge is -2.20. The number of carbonyl (C=O) groups excluding carboxylic acids is 2. The second-order valence-electron chi connectivity index (χ2n) is 4.86. The molecule has 1 heterocycles. The molecule has 0 spiro atoms. The molecular weight excluding hydrogens is 242 g/mol. The van der Waals surface area contributed by atoms with Gasteiger partial charge in [-0.25, -0.2) is 0 Å². The number of hydrogen-bond acceptors (Lipinski definition) is 3. The fraction of sp³-hybridized carbons (Fsp3) is 0.467. The Morgan fingerprint density at radius 3 is 2.21 bits per heavy atom. The van der Waals surface area contributed by atoms with Gasteiger partial charge >= 0.3 is 0 Å². The zero-order chi connectivity index (χ0) is 13.7. The van der Waals surface area contributed by atoms with Gasteiger partial charge in [0.25, 0.3) is 0 Å². The van der Waals surface area contributed by atoms with E-state index < -0.39 is 6.10 Å². The van der Waals surface area contributed by atoms with Gasteiger partial charge in [-0.1, -0.05) is 30.3 Å². The Balaban J connectivity index is 1.93. The minimum absolute atomic E-state index is 0.109. The summed E-state index contributed by atoms with van der Waals surface area (Å²) in [5, 5.41) is 10.0. The summed E-state index contributed by atoms with van der Waals surface area (Å²) in [5.74, 6) is -0.217. The average Bonchev–Trinajstić information content (AvgIpc) is 2.59. The first-order valence-corrected chi connectivity index (χ1v) is 6.74. The van der Waals surface area contributed by atoms with Crippen LogP contribution in [0.2, 0.25) is 0 Å². The minimum atomic E-state index is -0.634. The third-order valence-corrected chi connectivity index (χ3v) is 3.44. The smallest absolute Gasteiger partial charge is 0.229 e. The monoisotopic (exact) mass is 261 g/mol. The van der Waals surface area contributed by atoms with Crippen molar-refractivity contribution >= 4 is 11.8 Å². The van der Waals surface area contributed by atoms with Crippen molar-refractivity contribution < 1.29 is 14.7 Å². The molecule has 102 valence electrons. The third-order valence-electron chi connectivity index (χ3n) is 3.44. The van der Waals surface area contributed by atoms with Crippen LogP contribution in [0, 0.1) is 0 Å². The molecule has 0 saturated carbocycles. The molecule has 2 rings (SSSR count). The van der Waals surface area contributed by atoms with Crippen LogP contribution in [0.4, 0.5) is 0 Å². The molecule has 1 aliphatic rings. The first-order chi connectivity index (χ1) is 9.18. The number of likely N-dealkylation sites (tertiary alicyclic amines) is 1. The predicted molar refractivity (Wildman–Crippen MR) is 71.2 cm³/mol. The Kier molecular flexibility index (Phi) is 4.68.